The summed E-state index contributed by atoms with van der Waals surface area (Å²) < 4.78 is 28.3. The van der Waals surface area contributed by atoms with E-state index in [1.807, 2.05) is 6.92 Å². The van der Waals surface area contributed by atoms with Crippen LogP contribution in [0.25, 0.3) is 0 Å². The Labute approximate surface area is 131 Å². The lowest BCUT2D eigenvalue weighted by atomic mass is 10.1. The van der Waals surface area contributed by atoms with Gasteiger partial charge in [0.15, 0.2) is 9.84 Å². The van der Waals surface area contributed by atoms with Gasteiger partial charge in [-0.15, -0.1) is 0 Å². The Morgan fingerprint density at radius 2 is 2.23 bits per heavy atom. The normalized spacial score (nSPS) is 19.6. The van der Waals surface area contributed by atoms with Gasteiger partial charge in [0.05, 0.1) is 11.5 Å². The second kappa shape index (κ2) is 6.96. The maximum absolute atomic E-state index is 12.1. The van der Waals surface area contributed by atoms with Crippen LogP contribution in [0.1, 0.15) is 23.7 Å². The van der Waals surface area contributed by atoms with Crippen LogP contribution in [-0.2, 0) is 9.84 Å². The van der Waals surface area contributed by atoms with Gasteiger partial charge in [-0.25, -0.2) is 8.42 Å². The number of nitrogens with one attached hydrogen (secondary N) is 1. The van der Waals surface area contributed by atoms with Gasteiger partial charge < -0.3 is 10.1 Å². The highest BCUT2D eigenvalue weighted by atomic mass is 32.2. The van der Waals surface area contributed by atoms with E-state index in [-0.39, 0.29) is 23.3 Å². The summed E-state index contributed by atoms with van der Waals surface area (Å²) in [6.07, 6.45) is 0.615. The molecule has 22 heavy (non-hydrogen) atoms. The third-order valence-corrected chi connectivity index (χ3v) is 5.30. The van der Waals surface area contributed by atoms with Gasteiger partial charge in [0.2, 0.25) is 0 Å². The van der Waals surface area contributed by atoms with Crippen LogP contribution in [0.15, 0.2) is 36.4 Å². The van der Waals surface area contributed by atoms with Crippen molar-refractivity contribution in [3.8, 4) is 5.75 Å². The second-order valence-corrected chi connectivity index (χ2v) is 7.98. The van der Waals surface area contributed by atoms with Gasteiger partial charge in [0, 0.05) is 12.1 Å². The largest absolute Gasteiger partial charge is 0.489 e. The first-order valence-corrected chi connectivity index (χ1v) is 9.04. The van der Waals surface area contributed by atoms with Crippen LogP contribution < -0.4 is 10.1 Å². The average Bonchev–Trinajstić information content (AvgIpc) is 2.82. The monoisotopic (exact) mass is 323 g/mol. The number of benzene rings is 1. The first-order valence-electron chi connectivity index (χ1n) is 7.21. The zero-order valence-electron chi connectivity index (χ0n) is 12.7. The number of hydrogen-bond acceptors (Lipinski definition) is 4. The van der Waals surface area contributed by atoms with Crippen molar-refractivity contribution in [2.45, 2.75) is 13.3 Å². The molecule has 1 aromatic carbocycles. The minimum absolute atomic E-state index is 0.0109. The molecule has 1 aromatic rings. The Hall–Kier alpha value is -1.82. The Morgan fingerprint density at radius 1 is 1.45 bits per heavy atom. The lowest BCUT2D eigenvalue weighted by molar-refractivity contribution is 0.0948. The van der Waals surface area contributed by atoms with Crippen molar-refractivity contribution in [3.05, 3.63) is 42.0 Å². The second-order valence-electron chi connectivity index (χ2n) is 5.75. The molecule has 1 aliphatic heterocycles. The van der Waals surface area contributed by atoms with Crippen molar-refractivity contribution in [1.82, 2.24) is 5.32 Å². The van der Waals surface area contributed by atoms with Gasteiger partial charge in [-0.1, -0.05) is 12.6 Å². The number of hydrogen-bond donors (Lipinski definition) is 1. The van der Waals surface area contributed by atoms with Gasteiger partial charge in [-0.05, 0) is 43.0 Å². The molecule has 6 heteroatoms. The molecule has 0 aliphatic carbocycles. The highest BCUT2D eigenvalue weighted by Gasteiger charge is 2.27. The summed E-state index contributed by atoms with van der Waals surface area (Å²) in [6.45, 7) is 6.42. The minimum Gasteiger partial charge on any atom is -0.489 e. The van der Waals surface area contributed by atoms with E-state index in [0.717, 1.165) is 5.57 Å². The van der Waals surface area contributed by atoms with Gasteiger partial charge in [0.25, 0.3) is 5.91 Å². The summed E-state index contributed by atoms with van der Waals surface area (Å²) in [4.78, 5) is 12.1. The van der Waals surface area contributed by atoms with E-state index in [1.54, 1.807) is 24.3 Å². The van der Waals surface area contributed by atoms with Gasteiger partial charge in [-0.3, -0.25) is 4.79 Å². The lowest BCUT2D eigenvalue weighted by Gasteiger charge is -2.11. The van der Waals surface area contributed by atoms with E-state index in [9.17, 15) is 13.2 Å². The van der Waals surface area contributed by atoms with E-state index in [1.165, 1.54) is 0 Å². The first kappa shape index (κ1) is 16.5. The predicted molar refractivity (Wildman–Crippen MR) is 85.8 cm³/mol. The van der Waals surface area contributed by atoms with Crippen molar-refractivity contribution < 1.29 is 17.9 Å². The highest BCUT2D eigenvalue weighted by Crippen LogP contribution is 2.18. The molecule has 1 atom stereocenters. The number of rotatable bonds is 6. The Kier molecular flexibility index (Phi) is 5.24. The Bertz CT molecular complexity index is 666. The maximum Gasteiger partial charge on any atom is 0.251 e. The molecule has 1 amide bonds. The molecule has 120 valence electrons. The van der Waals surface area contributed by atoms with Crippen LogP contribution in [0.3, 0.4) is 0 Å². The fourth-order valence-corrected chi connectivity index (χ4v) is 4.17. The molecule has 0 radical (unpaired) electrons. The average molecular weight is 323 g/mol. The summed E-state index contributed by atoms with van der Waals surface area (Å²) >= 11 is 0. The molecule has 0 spiro atoms. The molecule has 1 N–H and O–H groups in total. The lowest BCUT2D eigenvalue weighted by Crippen LogP contribution is -2.29. The Morgan fingerprint density at radius 3 is 2.86 bits per heavy atom. The number of ether oxygens (including phenoxy) is 1. The van der Waals surface area contributed by atoms with Crippen LogP contribution >= 0.6 is 0 Å². The van der Waals surface area contributed by atoms with E-state index in [2.05, 4.69) is 11.9 Å². The quantitative estimate of drug-likeness (QED) is 0.810. The molecule has 2 rings (SSSR count). The summed E-state index contributed by atoms with van der Waals surface area (Å²) in [7, 11) is -2.91. The molecule has 1 saturated heterocycles. The van der Waals surface area contributed by atoms with Crippen molar-refractivity contribution in [2.75, 3.05) is 24.7 Å². The molecule has 0 aromatic heterocycles. The molecule has 1 heterocycles. The van der Waals surface area contributed by atoms with Crippen LogP contribution in [0, 0.1) is 5.92 Å². The first-order chi connectivity index (χ1) is 10.4. The summed E-state index contributed by atoms with van der Waals surface area (Å²) in [5.41, 5.74) is 1.40. The molecule has 1 fully saturated rings. The van der Waals surface area contributed by atoms with E-state index >= 15 is 0 Å². The van der Waals surface area contributed by atoms with Crippen molar-refractivity contribution in [3.63, 3.8) is 0 Å². The molecular formula is C16H21NO4S. The van der Waals surface area contributed by atoms with E-state index in [4.69, 9.17) is 4.74 Å². The zero-order chi connectivity index (χ0) is 16.2. The molecule has 1 aliphatic rings. The Balaban J connectivity index is 1.89. The molecule has 5 nitrogen and oxygen atoms in total. The minimum atomic E-state index is -2.91. The van der Waals surface area contributed by atoms with Crippen LogP contribution in [-0.4, -0.2) is 39.0 Å². The van der Waals surface area contributed by atoms with Gasteiger partial charge in [0.1, 0.15) is 12.4 Å². The van der Waals surface area contributed by atoms with Gasteiger partial charge >= 0.3 is 0 Å². The summed E-state index contributed by atoms with van der Waals surface area (Å²) in [5, 5.41) is 2.79. The smallest absolute Gasteiger partial charge is 0.251 e. The number of carbonyl (C=O) groups is 1. The summed E-state index contributed by atoms with van der Waals surface area (Å²) in [6, 6.07) is 6.91. The van der Waals surface area contributed by atoms with Crippen molar-refractivity contribution >= 4 is 15.7 Å². The number of carbonyl (C=O) groups excluding carboxylic acids is 1. The molecule has 0 bridgehead atoms. The zero-order valence-corrected chi connectivity index (χ0v) is 13.5. The molecular weight excluding hydrogens is 302 g/mol. The standard InChI is InChI=1S/C16H21NO4S/c1-12(2)10-21-15-5-3-4-14(8-15)16(18)17-9-13-6-7-22(19,20)11-13/h3-5,8,13H,1,6-7,9-11H2,2H3,(H,17,18)/t13-/m1/s1. The fraction of sp³-hybridized carbons (Fsp3) is 0.438. The van der Waals surface area contributed by atoms with E-state index < -0.39 is 9.84 Å². The fourth-order valence-electron chi connectivity index (χ4n) is 2.31. The molecule has 0 saturated carbocycles. The topological polar surface area (TPSA) is 72.5 Å². The van der Waals surface area contributed by atoms with E-state index in [0.29, 0.717) is 30.9 Å². The van der Waals surface area contributed by atoms with Crippen LogP contribution in [0.4, 0.5) is 0 Å². The van der Waals surface area contributed by atoms with Crippen molar-refractivity contribution in [1.29, 1.82) is 0 Å². The molecule has 0 unspecified atom stereocenters. The van der Waals surface area contributed by atoms with Crippen molar-refractivity contribution in [2.24, 2.45) is 5.92 Å². The summed E-state index contributed by atoms with van der Waals surface area (Å²) in [5.74, 6) is 0.785. The maximum atomic E-state index is 12.1. The third-order valence-electron chi connectivity index (χ3n) is 3.46. The highest BCUT2D eigenvalue weighted by molar-refractivity contribution is 7.91. The SMILES string of the molecule is C=C(C)COc1cccc(C(=O)NC[C@H]2CCS(=O)(=O)C2)c1. The number of sulfone groups is 1. The predicted octanol–water partition coefficient (Wildman–Crippen LogP) is 1.81. The van der Waals surface area contributed by atoms with Crippen LogP contribution in [0.5, 0.6) is 5.75 Å². The third kappa shape index (κ3) is 4.87. The number of amides is 1. The van der Waals surface area contributed by atoms with Gasteiger partial charge in [-0.2, -0.15) is 0 Å². The van der Waals surface area contributed by atoms with Crippen LogP contribution in [0.2, 0.25) is 0 Å².